The van der Waals surface area contributed by atoms with Crippen molar-refractivity contribution in [3.63, 3.8) is 0 Å². The molecular formula is C17H22N4O3S. The third-order valence-corrected chi connectivity index (χ3v) is 5.04. The fourth-order valence-electron chi connectivity index (χ4n) is 2.79. The van der Waals surface area contributed by atoms with Crippen molar-refractivity contribution in [2.45, 2.75) is 19.4 Å². The van der Waals surface area contributed by atoms with Crippen LogP contribution in [-0.4, -0.2) is 56.5 Å². The first-order valence-electron chi connectivity index (χ1n) is 8.21. The van der Waals surface area contributed by atoms with E-state index in [1.807, 2.05) is 36.2 Å². The largest absolute Gasteiger partial charge is 0.493 e. The van der Waals surface area contributed by atoms with Crippen molar-refractivity contribution in [3.05, 3.63) is 41.0 Å². The molecule has 2 N–H and O–H groups in total. The van der Waals surface area contributed by atoms with Gasteiger partial charge in [0.05, 0.1) is 24.1 Å². The number of hydrogen-bond donors (Lipinski definition) is 2. The zero-order chi connectivity index (χ0) is 17.8. The Bertz CT molecular complexity index is 832. The molecule has 8 heteroatoms. The molecule has 7 nitrogen and oxygen atoms in total. The molecule has 0 aliphatic carbocycles. The Balaban J connectivity index is 2.09. The highest BCUT2D eigenvalue weighted by molar-refractivity contribution is 7.17. The summed E-state index contributed by atoms with van der Waals surface area (Å²) in [5.74, 6) is 0.843. The van der Waals surface area contributed by atoms with Gasteiger partial charge >= 0.3 is 0 Å². The Kier molecular flexibility index (Phi) is 5.52. The van der Waals surface area contributed by atoms with E-state index < -0.39 is 0 Å². The summed E-state index contributed by atoms with van der Waals surface area (Å²) in [7, 11) is 1.91. The molecule has 2 aromatic heterocycles. The molecule has 1 aromatic carbocycles. The van der Waals surface area contributed by atoms with Crippen molar-refractivity contribution in [3.8, 4) is 11.6 Å². The van der Waals surface area contributed by atoms with Crippen molar-refractivity contribution < 1.29 is 14.9 Å². The van der Waals surface area contributed by atoms with Crippen LogP contribution < -0.4 is 4.74 Å². The van der Waals surface area contributed by atoms with Gasteiger partial charge in [0.2, 0.25) is 10.8 Å². The van der Waals surface area contributed by atoms with Gasteiger partial charge in [0.1, 0.15) is 12.1 Å². The van der Waals surface area contributed by atoms with Gasteiger partial charge in [-0.2, -0.15) is 9.61 Å². The molecule has 0 saturated carbocycles. The summed E-state index contributed by atoms with van der Waals surface area (Å²) in [4.78, 5) is 7.50. The highest BCUT2D eigenvalue weighted by Gasteiger charge is 2.29. The second kappa shape index (κ2) is 7.81. The van der Waals surface area contributed by atoms with Crippen molar-refractivity contribution >= 4 is 16.3 Å². The van der Waals surface area contributed by atoms with Gasteiger partial charge in [-0.15, -0.1) is 0 Å². The van der Waals surface area contributed by atoms with Crippen LogP contribution in [0.2, 0.25) is 0 Å². The molecule has 0 spiro atoms. The van der Waals surface area contributed by atoms with E-state index in [-0.39, 0.29) is 18.5 Å². The van der Waals surface area contributed by atoms with Crippen LogP contribution in [0.1, 0.15) is 29.8 Å². The number of aliphatic hydroxyl groups excluding tert-OH is 1. The lowest BCUT2D eigenvalue weighted by Crippen LogP contribution is -2.28. The first-order valence-corrected chi connectivity index (χ1v) is 9.03. The van der Waals surface area contributed by atoms with Gasteiger partial charge < -0.3 is 14.9 Å². The molecule has 0 aliphatic rings. The van der Waals surface area contributed by atoms with Crippen molar-refractivity contribution in [1.82, 2.24) is 19.5 Å². The van der Waals surface area contributed by atoms with Gasteiger partial charge in [0.25, 0.3) is 0 Å². The molecule has 134 valence electrons. The van der Waals surface area contributed by atoms with E-state index >= 15 is 0 Å². The zero-order valence-corrected chi connectivity index (χ0v) is 15.1. The number of thiazole rings is 1. The first-order chi connectivity index (χ1) is 12.2. The summed E-state index contributed by atoms with van der Waals surface area (Å²) in [6.07, 6.45) is 2.33. The van der Waals surface area contributed by atoms with Crippen molar-refractivity contribution in [2.24, 2.45) is 0 Å². The average molecular weight is 362 g/mol. The third kappa shape index (κ3) is 3.46. The van der Waals surface area contributed by atoms with Gasteiger partial charge in [-0.3, -0.25) is 4.90 Å². The third-order valence-electron chi connectivity index (χ3n) is 3.96. The van der Waals surface area contributed by atoms with E-state index in [0.29, 0.717) is 18.1 Å². The minimum atomic E-state index is -0.270. The normalized spacial score (nSPS) is 12.8. The fourth-order valence-corrected chi connectivity index (χ4v) is 3.90. The van der Waals surface area contributed by atoms with E-state index in [1.54, 1.807) is 0 Å². The highest BCUT2D eigenvalue weighted by Crippen LogP contribution is 2.41. The first kappa shape index (κ1) is 17.7. The average Bonchev–Trinajstić information content (AvgIpc) is 3.18. The van der Waals surface area contributed by atoms with E-state index in [2.05, 4.69) is 17.0 Å². The van der Waals surface area contributed by atoms with Gasteiger partial charge in [0, 0.05) is 12.1 Å². The molecule has 1 atom stereocenters. The topological polar surface area (TPSA) is 83.1 Å². The number of hydrogen-bond acceptors (Lipinski definition) is 7. The van der Waals surface area contributed by atoms with Gasteiger partial charge in [-0.25, -0.2) is 4.98 Å². The molecule has 3 aromatic rings. The molecule has 0 radical (unpaired) electrons. The van der Waals surface area contributed by atoms with Gasteiger partial charge in [-0.1, -0.05) is 36.5 Å². The van der Waals surface area contributed by atoms with E-state index in [0.717, 1.165) is 22.6 Å². The zero-order valence-electron chi connectivity index (χ0n) is 14.3. The number of aromatic nitrogens is 3. The SMILES string of the molecule is CCCOc1ccccc1C(c1sc2ncnn2c1O)N(C)CCO. The van der Waals surface area contributed by atoms with Crippen LogP contribution in [0.25, 0.3) is 4.96 Å². The molecule has 0 fully saturated rings. The molecular weight excluding hydrogens is 340 g/mol. The summed E-state index contributed by atoms with van der Waals surface area (Å²) in [6.45, 7) is 3.16. The summed E-state index contributed by atoms with van der Waals surface area (Å²) >= 11 is 1.38. The molecule has 1 unspecified atom stereocenters. The number of ether oxygens (including phenoxy) is 1. The molecule has 2 heterocycles. The predicted octanol–water partition coefficient (Wildman–Crippen LogP) is 2.30. The Morgan fingerprint density at radius 1 is 1.36 bits per heavy atom. The Morgan fingerprint density at radius 2 is 2.16 bits per heavy atom. The number of benzene rings is 1. The number of likely N-dealkylation sites (N-methyl/N-ethyl adjacent to an activating group) is 1. The van der Waals surface area contributed by atoms with Crippen LogP contribution >= 0.6 is 11.3 Å². The minimum absolute atomic E-state index is 0.0203. The van der Waals surface area contributed by atoms with E-state index in [4.69, 9.17) is 4.74 Å². The van der Waals surface area contributed by atoms with Crippen LogP contribution in [-0.2, 0) is 0 Å². The summed E-state index contributed by atoms with van der Waals surface area (Å²) in [6, 6.07) is 7.52. The van der Waals surface area contributed by atoms with Crippen LogP contribution in [0.15, 0.2) is 30.6 Å². The van der Waals surface area contributed by atoms with Crippen LogP contribution in [0.3, 0.4) is 0 Å². The number of fused-ring (bicyclic) bond motifs is 1. The number of para-hydroxylation sites is 1. The summed E-state index contributed by atoms with van der Waals surface area (Å²) in [5.41, 5.74) is 0.937. The molecule has 3 rings (SSSR count). The number of aliphatic hydroxyl groups is 1. The predicted molar refractivity (Wildman–Crippen MR) is 96.3 cm³/mol. The second-order valence-corrected chi connectivity index (χ2v) is 6.75. The fraction of sp³-hybridized carbons (Fsp3) is 0.412. The lowest BCUT2D eigenvalue weighted by atomic mass is 10.0. The van der Waals surface area contributed by atoms with Crippen LogP contribution in [0.4, 0.5) is 0 Å². The van der Waals surface area contributed by atoms with E-state index in [1.165, 1.54) is 22.2 Å². The minimum Gasteiger partial charge on any atom is -0.493 e. The molecule has 25 heavy (non-hydrogen) atoms. The highest BCUT2D eigenvalue weighted by atomic mass is 32.1. The Hall–Kier alpha value is -2.16. The maximum Gasteiger partial charge on any atom is 0.230 e. The van der Waals surface area contributed by atoms with Crippen LogP contribution in [0.5, 0.6) is 11.6 Å². The Labute approximate surface area is 150 Å². The Morgan fingerprint density at radius 3 is 2.88 bits per heavy atom. The van der Waals surface area contributed by atoms with Crippen LogP contribution in [0, 0.1) is 0 Å². The number of rotatable bonds is 8. The quantitative estimate of drug-likeness (QED) is 0.640. The summed E-state index contributed by atoms with van der Waals surface area (Å²) in [5, 5.41) is 24.1. The lowest BCUT2D eigenvalue weighted by molar-refractivity contribution is 0.193. The molecule has 0 saturated heterocycles. The molecule has 0 aliphatic heterocycles. The molecule has 0 amide bonds. The lowest BCUT2D eigenvalue weighted by Gasteiger charge is -2.28. The molecule has 0 bridgehead atoms. The van der Waals surface area contributed by atoms with E-state index in [9.17, 15) is 10.2 Å². The van der Waals surface area contributed by atoms with Gasteiger partial charge in [0.15, 0.2) is 0 Å². The standard InChI is InChI=1S/C17H22N4O3S/c1-3-10-24-13-7-5-4-6-12(13)14(20(2)8-9-22)15-16(23)21-17(25-15)18-11-19-21/h4-7,11,14,22-23H,3,8-10H2,1-2H3. The monoisotopic (exact) mass is 362 g/mol. The number of nitrogens with zero attached hydrogens (tertiary/aromatic N) is 4. The number of aromatic hydroxyl groups is 1. The van der Waals surface area contributed by atoms with Gasteiger partial charge in [-0.05, 0) is 19.5 Å². The second-order valence-electron chi connectivity index (χ2n) is 5.74. The van der Waals surface area contributed by atoms with Crippen molar-refractivity contribution in [1.29, 1.82) is 0 Å². The van der Waals surface area contributed by atoms with Crippen molar-refractivity contribution in [2.75, 3.05) is 26.8 Å². The maximum atomic E-state index is 10.6. The smallest absolute Gasteiger partial charge is 0.230 e. The summed E-state index contributed by atoms with van der Waals surface area (Å²) < 4.78 is 7.33. The maximum absolute atomic E-state index is 10.6.